The fourth-order valence-electron chi connectivity index (χ4n) is 3.94. The first kappa shape index (κ1) is 30.1. The summed E-state index contributed by atoms with van der Waals surface area (Å²) in [6.07, 6.45) is 0.707. The molecule has 0 aliphatic heterocycles. The first-order valence-corrected chi connectivity index (χ1v) is 14.4. The summed E-state index contributed by atoms with van der Waals surface area (Å²) in [5.41, 5.74) is 1.78. The van der Waals surface area contributed by atoms with Crippen molar-refractivity contribution in [2.75, 3.05) is 10.8 Å². The van der Waals surface area contributed by atoms with Crippen LogP contribution in [0.4, 0.5) is 10.1 Å². The summed E-state index contributed by atoms with van der Waals surface area (Å²) in [4.78, 5) is 28.3. The second-order valence-corrected chi connectivity index (χ2v) is 11.7. The summed E-state index contributed by atoms with van der Waals surface area (Å²) in [6, 6.07) is 17.6. The molecule has 0 radical (unpaired) electrons. The van der Waals surface area contributed by atoms with Crippen LogP contribution >= 0.6 is 11.6 Å². The lowest BCUT2D eigenvalue weighted by Gasteiger charge is -2.32. The minimum absolute atomic E-state index is 0.0193. The van der Waals surface area contributed by atoms with Crippen molar-refractivity contribution in [1.29, 1.82) is 0 Å². The van der Waals surface area contributed by atoms with Gasteiger partial charge in [-0.3, -0.25) is 13.9 Å². The highest BCUT2D eigenvalue weighted by Gasteiger charge is 2.33. The van der Waals surface area contributed by atoms with Gasteiger partial charge in [0, 0.05) is 12.6 Å². The number of halogens is 2. The first-order valence-electron chi connectivity index (χ1n) is 12.6. The smallest absolute Gasteiger partial charge is 0.264 e. The number of amides is 2. The molecule has 1 N–H and O–H groups in total. The van der Waals surface area contributed by atoms with Gasteiger partial charge in [0.25, 0.3) is 10.0 Å². The molecule has 2 amide bonds. The van der Waals surface area contributed by atoms with Crippen LogP contribution in [0.2, 0.25) is 5.02 Å². The highest BCUT2D eigenvalue weighted by atomic mass is 35.5. The molecule has 10 heteroatoms. The summed E-state index contributed by atoms with van der Waals surface area (Å²) in [6.45, 7) is 6.78. The van der Waals surface area contributed by atoms with Crippen LogP contribution in [0.3, 0.4) is 0 Å². The first-order chi connectivity index (χ1) is 18.4. The van der Waals surface area contributed by atoms with Crippen molar-refractivity contribution in [3.63, 3.8) is 0 Å². The van der Waals surface area contributed by atoms with E-state index in [1.807, 2.05) is 45.0 Å². The van der Waals surface area contributed by atoms with Gasteiger partial charge in [0.2, 0.25) is 11.8 Å². The number of hydrogen-bond donors (Lipinski definition) is 1. The molecule has 0 aliphatic rings. The molecule has 3 aromatic rings. The number of nitrogens with one attached hydrogen (secondary N) is 1. The summed E-state index contributed by atoms with van der Waals surface area (Å²) in [5, 5.41) is 2.61. The molecule has 208 valence electrons. The summed E-state index contributed by atoms with van der Waals surface area (Å²) < 4.78 is 42.3. The lowest BCUT2D eigenvalue weighted by molar-refractivity contribution is -0.139. The third kappa shape index (κ3) is 7.58. The third-order valence-corrected chi connectivity index (χ3v) is 8.48. The zero-order chi connectivity index (χ0) is 28.7. The van der Waals surface area contributed by atoms with E-state index in [1.165, 1.54) is 23.1 Å². The molecule has 0 heterocycles. The molecule has 0 saturated heterocycles. The van der Waals surface area contributed by atoms with E-state index in [1.54, 1.807) is 25.1 Å². The van der Waals surface area contributed by atoms with E-state index in [0.29, 0.717) is 6.42 Å². The lowest BCUT2D eigenvalue weighted by atomic mass is 10.1. The zero-order valence-corrected chi connectivity index (χ0v) is 24.0. The molecule has 0 fully saturated rings. The van der Waals surface area contributed by atoms with Gasteiger partial charge in [0.1, 0.15) is 18.4 Å². The molecule has 2 atom stereocenters. The molecule has 39 heavy (non-hydrogen) atoms. The fourth-order valence-corrected chi connectivity index (χ4v) is 5.55. The van der Waals surface area contributed by atoms with E-state index in [-0.39, 0.29) is 34.1 Å². The maximum absolute atomic E-state index is 14.0. The van der Waals surface area contributed by atoms with Gasteiger partial charge in [-0.15, -0.1) is 0 Å². The van der Waals surface area contributed by atoms with E-state index in [4.69, 9.17) is 11.6 Å². The van der Waals surface area contributed by atoms with Crippen LogP contribution in [0, 0.1) is 12.7 Å². The van der Waals surface area contributed by atoms with Crippen molar-refractivity contribution in [3.05, 3.63) is 94.8 Å². The van der Waals surface area contributed by atoms with E-state index in [2.05, 4.69) is 5.32 Å². The number of carbonyl (C=O) groups excluding carboxylic acids is 2. The average molecular weight is 574 g/mol. The number of sulfonamides is 1. The Kier molecular flexibility index (Phi) is 10.1. The average Bonchev–Trinajstić information content (AvgIpc) is 2.91. The van der Waals surface area contributed by atoms with Crippen LogP contribution in [0.15, 0.2) is 77.7 Å². The maximum atomic E-state index is 14.0. The molecule has 3 aromatic carbocycles. The van der Waals surface area contributed by atoms with E-state index < -0.39 is 34.3 Å². The van der Waals surface area contributed by atoms with E-state index in [9.17, 15) is 22.4 Å². The van der Waals surface area contributed by atoms with Crippen LogP contribution in [0.25, 0.3) is 0 Å². The maximum Gasteiger partial charge on any atom is 0.264 e. The molecule has 0 saturated carbocycles. The molecule has 0 spiro atoms. The fraction of sp³-hybridized carbons (Fsp3) is 0.310. The van der Waals surface area contributed by atoms with Crippen molar-refractivity contribution in [2.45, 2.75) is 57.6 Å². The normalized spacial score (nSPS) is 12.9. The Bertz CT molecular complexity index is 1420. The van der Waals surface area contributed by atoms with Crippen LogP contribution in [0.5, 0.6) is 0 Å². The number of anilines is 1. The summed E-state index contributed by atoms with van der Waals surface area (Å²) in [5.74, 6) is -1.68. The molecular weight excluding hydrogens is 541 g/mol. The Morgan fingerprint density at radius 1 is 1.00 bits per heavy atom. The van der Waals surface area contributed by atoms with Crippen molar-refractivity contribution >= 4 is 39.1 Å². The number of aryl methyl sites for hydroxylation is 1. The predicted molar refractivity (Wildman–Crippen MR) is 151 cm³/mol. The highest BCUT2D eigenvalue weighted by Crippen LogP contribution is 2.28. The third-order valence-electron chi connectivity index (χ3n) is 6.40. The van der Waals surface area contributed by atoms with Gasteiger partial charge >= 0.3 is 0 Å². The number of benzene rings is 3. The largest absolute Gasteiger partial charge is 0.352 e. The second-order valence-electron chi connectivity index (χ2n) is 9.43. The van der Waals surface area contributed by atoms with Gasteiger partial charge < -0.3 is 10.2 Å². The van der Waals surface area contributed by atoms with Gasteiger partial charge in [-0.05, 0) is 63.1 Å². The van der Waals surface area contributed by atoms with Gasteiger partial charge in [-0.1, -0.05) is 66.6 Å². The Hall–Kier alpha value is -3.43. The van der Waals surface area contributed by atoms with Crippen LogP contribution in [-0.2, 0) is 26.2 Å². The topological polar surface area (TPSA) is 86.8 Å². The molecule has 7 nitrogen and oxygen atoms in total. The quantitative estimate of drug-likeness (QED) is 0.337. The van der Waals surface area contributed by atoms with Crippen molar-refractivity contribution < 1.29 is 22.4 Å². The molecular formula is C29H33ClFN3O4S. The number of hydrogen-bond acceptors (Lipinski definition) is 4. The summed E-state index contributed by atoms with van der Waals surface area (Å²) in [7, 11) is -4.26. The molecule has 0 aliphatic carbocycles. The van der Waals surface area contributed by atoms with Gasteiger partial charge in [-0.25, -0.2) is 12.8 Å². The minimum atomic E-state index is -4.26. The number of rotatable bonds is 11. The lowest BCUT2D eigenvalue weighted by Crippen LogP contribution is -2.52. The highest BCUT2D eigenvalue weighted by molar-refractivity contribution is 7.92. The Morgan fingerprint density at radius 3 is 2.31 bits per heavy atom. The van der Waals surface area contributed by atoms with Gasteiger partial charge in [0.15, 0.2) is 0 Å². The second kappa shape index (κ2) is 13.1. The molecule has 3 rings (SSSR count). The van der Waals surface area contributed by atoms with Crippen LogP contribution < -0.4 is 9.62 Å². The standard InChI is InChI=1S/C29H33ClFN3O4S/c1-5-21(3)32-29(36)22(4)33(18-23-11-9-10-20(2)16-23)28(35)19-34(24-14-15-27(31)26(30)17-24)39(37,38)25-12-7-6-8-13-25/h6-17,21-22H,5,18-19H2,1-4H3,(H,32,36)/t21-,22+/m1/s1. The summed E-state index contributed by atoms with van der Waals surface area (Å²) >= 11 is 5.98. The van der Waals surface area contributed by atoms with E-state index in [0.717, 1.165) is 27.6 Å². The van der Waals surface area contributed by atoms with Crippen molar-refractivity contribution in [1.82, 2.24) is 10.2 Å². The molecule has 0 bridgehead atoms. The SMILES string of the molecule is CC[C@@H](C)NC(=O)[C@H](C)N(Cc1cccc(C)c1)C(=O)CN(c1ccc(F)c(Cl)c1)S(=O)(=O)c1ccccc1. The minimum Gasteiger partial charge on any atom is -0.352 e. The Morgan fingerprint density at radius 2 is 1.69 bits per heavy atom. The van der Waals surface area contributed by atoms with Crippen LogP contribution in [-0.4, -0.2) is 43.8 Å². The van der Waals surface area contributed by atoms with Crippen molar-refractivity contribution in [3.8, 4) is 0 Å². The van der Waals surface area contributed by atoms with Crippen molar-refractivity contribution in [2.24, 2.45) is 0 Å². The van der Waals surface area contributed by atoms with Gasteiger partial charge in [0.05, 0.1) is 15.6 Å². The zero-order valence-electron chi connectivity index (χ0n) is 22.4. The number of carbonyl (C=O) groups is 2. The Labute approximate surface area is 234 Å². The monoisotopic (exact) mass is 573 g/mol. The van der Waals surface area contributed by atoms with E-state index >= 15 is 0 Å². The predicted octanol–water partition coefficient (Wildman–Crippen LogP) is 5.31. The number of nitrogens with zero attached hydrogens (tertiary/aromatic N) is 2. The Balaban J connectivity index is 2.04. The molecule has 0 aromatic heterocycles. The van der Waals surface area contributed by atoms with Gasteiger partial charge in [-0.2, -0.15) is 0 Å². The van der Waals surface area contributed by atoms with Crippen LogP contribution in [0.1, 0.15) is 38.3 Å². The molecule has 0 unspecified atom stereocenters.